The predicted molar refractivity (Wildman–Crippen MR) is 121 cm³/mol. The standard InChI is InChI=1S/C22H26N2O2S2/c25-19(15-17-7-3-1-4-8-17)21(27)23-11-13-24(14-12-23)22(28)20(26)16-18-9-5-2-6-10-18/h1-10,19-20,25-26H,11-16H2. The monoisotopic (exact) mass is 414 g/mol. The molecule has 1 saturated heterocycles. The van der Waals surface area contributed by atoms with Crippen LogP contribution in [0, 0.1) is 0 Å². The molecule has 0 aliphatic carbocycles. The average Bonchev–Trinajstić information content (AvgIpc) is 2.74. The summed E-state index contributed by atoms with van der Waals surface area (Å²) in [5.41, 5.74) is 2.14. The van der Waals surface area contributed by atoms with Crippen molar-refractivity contribution in [3.8, 4) is 0 Å². The van der Waals surface area contributed by atoms with E-state index in [1.165, 1.54) is 0 Å². The van der Waals surface area contributed by atoms with Crippen LogP contribution in [0.2, 0.25) is 0 Å². The largest absolute Gasteiger partial charge is 0.386 e. The Kier molecular flexibility index (Phi) is 7.50. The van der Waals surface area contributed by atoms with E-state index in [2.05, 4.69) is 0 Å². The molecule has 2 N–H and O–H groups in total. The summed E-state index contributed by atoms with van der Waals surface area (Å²) < 4.78 is 0. The quantitative estimate of drug-likeness (QED) is 0.708. The van der Waals surface area contributed by atoms with Gasteiger partial charge in [0, 0.05) is 39.0 Å². The smallest absolute Gasteiger partial charge is 0.108 e. The lowest BCUT2D eigenvalue weighted by Gasteiger charge is -2.39. The normalized spacial score (nSPS) is 16.5. The van der Waals surface area contributed by atoms with Crippen LogP contribution in [-0.2, 0) is 12.8 Å². The highest BCUT2D eigenvalue weighted by atomic mass is 32.1. The number of thiocarbonyl (C=S) groups is 2. The molecule has 0 saturated carbocycles. The van der Waals surface area contributed by atoms with Crippen molar-refractivity contribution < 1.29 is 10.2 Å². The molecule has 0 spiro atoms. The molecule has 0 aromatic heterocycles. The molecular formula is C22H26N2O2S2. The van der Waals surface area contributed by atoms with Gasteiger partial charge in [-0.3, -0.25) is 0 Å². The van der Waals surface area contributed by atoms with Crippen molar-refractivity contribution in [3.63, 3.8) is 0 Å². The molecule has 1 aliphatic rings. The van der Waals surface area contributed by atoms with Gasteiger partial charge in [-0.2, -0.15) is 0 Å². The second-order valence-corrected chi connectivity index (χ2v) is 7.90. The topological polar surface area (TPSA) is 46.9 Å². The van der Waals surface area contributed by atoms with Crippen molar-refractivity contribution in [2.45, 2.75) is 25.0 Å². The molecule has 6 heteroatoms. The summed E-state index contributed by atoms with van der Waals surface area (Å²) in [6.45, 7) is 2.79. The first kappa shape index (κ1) is 20.9. The van der Waals surface area contributed by atoms with Crippen LogP contribution in [-0.4, -0.2) is 68.4 Å². The molecule has 0 bridgehead atoms. The summed E-state index contributed by atoms with van der Waals surface area (Å²) in [5.74, 6) is 0. The van der Waals surface area contributed by atoms with E-state index < -0.39 is 12.2 Å². The summed E-state index contributed by atoms with van der Waals surface area (Å²) in [5, 5.41) is 21.0. The molecular weight excluding hydrogens is 388 g/mol. The number of hydrogen-bond acceptors (Lipinski definition) is 4. The first-order chi connectivity index (χ1) is 13.5. The van der Waals surface area contributed by atoms with Crippen LogP contribution in [0.1, 0.15) is 11.1 Å². The fraction of sp³-hybridized carbons (Fsp3) is 0.364. The van der Waals surface area contributed by atoms with Crippen LogP contribution in [0.25, 0.3) is 0 Å². The fourth-order valence-electron chi connectivity index (χ4n) is 3.42. The predicted octanol–water partition coefficient (Wildman–Crippen LogP) is 2.47. The zero-order valence-electron chi connectivity index (χ0n) is 15.8. The Morgan fingerprint density at radius 2 is 1.00 bits per heavy atom. The van der Waals surface area contributed by atoms with Crippen molar-refractivity contribution in [1.29, 1.82) is 0 Å². The Hall–Kier alpha value is -1.86. The average molecular weight is 415 g/mol. The lowest BCUT2D eigenvalue weighted by atomic mass is 10.1. The van der Waals surface area contributed by atoms with Crippen LogP contribution in [0.3, 0.4) is 0 Å². The second-order valence-electron chi connectivity index (χ2n) is 7.06. The summed E-state index contributed by atoms with van der Waals surface area (Å²) in [6, 6.07) is 19.8. The number of hydrogen-bond donors (Lipinski definition) is 2. The van der Waals surface area contributed by atoms with Crippen molar-refractivity contribution in [3.05, 3.63) is 71.8 Å². The van der Waals surface area contributed by atoms with Gasteiger partial charge in [-0.15, -0.1) is 0 Å². The minimum Gasteiger partial charge on any atom is -0.386 e. The number of benzene rings is 2. The van der Waals surface area contributed by atoms with Gasteiger partial charge >= 0.3 is 0 Å². The van der Waals surface area contributed by atoms with Gasteiger partial charge < -0.3 is 20.0 Å². The van der Waals surface area contributed by atoms with Gasteiger partial charge in [0.2, 0.25) is 0 Å². The van der Waals surface area contributed by atoms with Crippen LogP contribution in [0.15, 0.2) is 60.7 Å². The van der Waals surface area contributed by atoms with Crippen LogP contribution >= 0.6 is 24.4 Å². The number of aliphatic hydroxyl groups is 2. The first-order valence-corrected chi connectivity index (χ1v) is 10.4. The number of rotatable bonds is 6. The van der Waals surface area contributed by atoms with E-state index in [0.29, 0.717) is 49.0 Å². The Morgan fingerprint density at radius 1 is 0.679 bits per heavy atom. The third-order valence-corrected chi connectivity index (χ3v) is 6.08. The van der Waals surface area contributed by atoms with E-state index in [9.17, 15) is 10.2 Å². The molecule has 1 fully saturated rings. The van der Waals surface area contributed by atoms with Gasteiger partial charge in [0.1, 0.15) is 22.2 Å². The second kappa shape index (κ2) is 10.1. The van der Waals surface area contributed by atoms with Gasteiger partial charge in [-0.1, -0.05) is 85.1 Å². The van der Waals surface area contributed by atoms with Crippen molar-refractivity contribution in [2.75, 3.05) is 26.2 Å². The Morgan fingerprint density at radius 3 is 1.32 bits per heavy atom. The van der Waals surface area contributed by atoms with Gasteiger partial charge in [0.05, 0.1) is 0 Å². The fourth-order valence-corrected chi connectivity index (χ4v) is 3.95. The maximum absolute atomic E-state index is 10.5. The summed E-state index contributed by atoms with van der Waals surface area (Å²) >= 11 is 11.0. The molecule has 2 atom stereocenters. The zero-order valence-corrected chi connectivity index (χ0v) is 17.4. The minimum absolute atomic E-state index is 0.522. The summed E-state index contributed by atoms with van der Waals surface area (Å²) in [6.07, 6.45) is -0.290. The van der Waals surface area contributed by atoms with E-state index >= 15 is 0 Å². The van der Waals surface area contributed by atoms with Gasteiger partial charge in [-0.25, -0.2) is 0 Å². The summed E-state index contributed by atoms with van der Waals surface area (Å²) in [4.78, 5) is 5.26. The molecule has 2 aromatic carbocycles. The molecule has 1 aliphatic heterocycles. The highest BCUT2D eigenvalue weighted by molar-refractivity contribution is 7.80. The number of aliphatic hydroxyl groups excluding tert-OH is 2. The number of piperazine rings is 1. The van der Waals surface area contributed by atoms with E-state index in [1.807, 2.05) is 70.5 Å². The van der Waals surface area contributed by atoms with E-state index in [4.69, 9.17) is 24.4 Å². The molecule has 1 heterocycles. The van der Waals surface area contributed by atoms with Crippen LogP contribution in [0.4, 0.5) is 0 Å². The van der Waals surface area contributed by atoms with Crippen molar-refractivity contribution >= 4 is 34.4 Å². The molecule has 4 nitrogen and oxygen atoms in total. The number of nitrogens with zero attached hydrogens (tertiary/aromatic N) is 2. The maximum atomic E-state index is 10.5. The first-order valence-electron chi connectivity index (χ1n) is 9.56. The Balaban J connectivity index is 1.48. The molecule has 3 rings (SSSR count). The lowest BCUT2D eigenvalue weighted by Crippen LogP contribution is -2.54. The minimum atomic E-state index is -0.667. The van der Waals surface area contributed by atoms with Crippen molar-refractivity contribution in [2.24, 2.45) is 0 Å². The van der Waals surface area contributed by atoms with Crippen LogP contribution in [0.5, 0.6) is 0 Å². The van der Waals surface area contributed by atoms with Crippen molar-refractivity contribution in [1.82, 2.24) is 9.80 Å². The Labute approximate surface area is 177 Å². The molecule has 148 valence electrons. The van der Waals surface area contributed by atoms with Crippen LogP contribution < -0.4 is 0 Å². The molecule has 2 aromatic rings. The molecule has 28 heavy (non-hydrogen) atoms. The van der Waals surface area contributed by atoms with E-state index in [1.54, 1.807) is 0 Å². The highest BCUT2D eigenvalue weighted by Crippen LogP contribution is 2.13. The third-order valence-electron chi connectivity index (χ3n) is 5.02. The zero-order chi connectivity index (χ0) is 19.9. The Bertz CT molecular complexity index is 710. The SMILES string of the molecule is OC(Cc1ccccc1)C(=S)N1CCN(C(=S)C(O)Cc2ccccc2)CC1. The van der Waals surface area contributed by atoms with Gasteiger partial charge in [0.15, 0.2) is 0 Å². The molecule has 0 amide bonds. The van der Waals surface area contributed by atoms with Gasteiger partial charge in [0.25, 0.3) is 0 Å². The molecule has 0 radical (unpaired) electrons. The summed E-state index contributed by atoms with van der Waals surface area (Å²) in [7, 11) is 0. The van der Waals surface area contributed by atoms with Gasteiger partial charge in [-0.05, 0) is 11.1 Å². The lowest BCUT2D eigenvalue weighted by molar-refractivity contribution is 0.185. The third kappa shape index (κ3) is 5.58. The highest BCUT2D eigenvalue weighted by Gasteiger charge is 2.26. The van der Waals surface area contributed by atoms with E-state index in [0.717, 1.165) is 11.1 Å². The maximum Gasteiger partial charge on any atom is 0.108 e. The molecule has 2 unspecified atom stereocenters. The van der Waals surface area contributed by atoms with E-state index in [-0.39, 0.29) is 0 Å².